The Kier molecular flexibility index (Phi) is 6.93. The van der Waals surface area contributed by atoms with Crippen LogP contribution in [-0.4, -0.2) is 51.3 Å². The summed E-state index contributed by atoms with van der Waals surface area (Å²) < 4.78 is 47.9. The number of nitrogens with zero attached hydrogens (tertiary/aromatic N) is 5. The second kappa shape index (κ2) is 10.3. The highest BCUT2D eigenvalue weighted by Crippen LogP contribution is 2.37. The van der Waals surface area contributed by atoms with E-state index in [-0.39, 0.29) is 34.6 Å². The number of ether oxygens (including phenoxy) is 1. The lowest BCUT2D eigenvalue weighted by Crippen LogP contribution is -2.41. The molecule has 5 rings (SSSR count). The van der Waals surface area contributed by atoms with Gasteiger partial charge in [-0.2, -0.15) is 18.3 Å². The Hall–Kier alpha value is -4.49. The van der Waals surface area contributed by atoms with Gasteiger partial charge in [0.05, 0.1) is 29.2 Å². The lowest BCUT2D eigenvalue weighted by atomic mass is 10.1. The molecular weight excluding hydrogens is 539 g/mol. The van der Waals surface area contributed by atoms with Gasteiger partial charge in [0.25, 0.3) is 5.91 Å². The van der Waals surface area contributed by atoms with Gasteiger partial charge in [0.1, 0.15) is 12.2 Å². The predicted octanol–water partition coefficient (Wildman–Crippen LogP) is 4.21. The number of hydrogen-bond donors (Lipinski definition) is 2. The fourth-order valence-corrected chi connectivity index (χ4v) is 4.20. The summed E-state index contributed by atoms with van der Waals surface area (Å²) in [6.07, 6.45) is -1.49. The fraction of sp³-hybridized carbons (Fsp3) is 0.160. The van der Waals surface area contributed by atoms with E-state index in [1.165, 1.54) is 35.3 Å². The number of alkyl halides is 3. The predicted molar refractivity (Wildman–Crippen MR) is 136 cm³/mol. The molecule has 14 heteroatoms. The summed E-state index contributed by atoms with van der Waals surface area (Å²) in [7, 11) is 0. The summed E-state index contributed by atoms with van der Waals surface area (Å²) >= 11 is 6.24. The summed E-state index contributed by atoms with van der Waals surface area (Å²) in [5.74, 6) is -0.919. The number of amides is 2. The Morgan fingerprint density at radius 2 is 1.90 bits per heavy atom. The van der Waals surface area contributed by atoms with Gasteiger partial charge < -0.3 is 20.7 Å². The lowest BCUT2D eigenvalue weighted by Gasteiger charge is -2.26. The van der Waals surface area contributed by atoms with Gasteiger partial charge in [0.15, 0.2) is 0 Å². The van der Waals surface area contributed by atoms with E-state index in [1.54, 1.807) is 29.2 Å². The fourth-order valence-electron chi connectivity index (χ4n) is 3.94. The Morgan fingerprint density at radius 3 is 2.56 bits per heavy atom. The molecule has 39 heavy (non-hydrogen) atoms. The number of nitrogens with two attached hydrogens (primary N) is 1. The molecule has 0 unspecified atom stereocenters. The van der Waals surface area contributed by atoms with E-state index in [1.807, 2.05) is 0 Å². The zero-order chi connectivity index (χ0) is 27.7. The minimum atomic E-state index is -4.73. The van der Waals surface area contributed by atoms with Crippen LogP contribution in [-0.2, 0) is 15.7 Å². The van der Waals surface area contributed by atoms with Crippen LogP contribution < -0.4 is 16.0 Å². The first-order chi connectivity index (χ1) is 18.6. The second-order valence-electron chi connectivity index (χ2n) is 8.43. The first kappa shape index (κ1) is 26.1. The minimum absolute atomic E-state index is 0.00362. The molecule has 1 fully saturated rings. The van der Waals surface area contributed by atoms with Gasteiger partial charge in [-0.15, -0.1) is 0 Å². The molecule has 3 heterocycles. The molecule has 0 radical (unpaired) electrons. The highest BCUT2D eigenvalue weighted by atomic mass is 35.5. The number of morpholine rings is 1. The Morgan fingerprint density at radius 1 is 1.13 bits per heavy atom. The van der Waals surface area contributed by atoms with Crippen molar-refractivity contribution in [2.24, 2.45) is 5.73 Å². The van der Waals surface area contributed by atoms with E-state index in [4.69, 9.17) is 22.1 Å². The number of primary amides is 1. The third-order valence-electron chi connectivity index (χ3n) is 5.85. The minimum Gasteiger partial charge on any atom is -0.370 e. The number of benzene rings is 2. The number of carbonyl (C=O) groups excluding carboxylic acids is 2. The Labute approximate surface area is 224 Å². The van der Waals surface area contributed by atoms with Crippen molar-refractivity contribution in [1.82, 2.24) is 19.7 Å². The molecule has 0 atom stereocenters. The molecule has 0 aliphatic carbocycles. The van der Waals surface area contributed by atoms with Crippen LogP contribution >= 0.6 is 11.6 Å². The van der Waals surface area contributed by atoms with Gasteiger partial charge in [-0.05, 0) is 42.5 Å². The van der Waals surface area contributed by atoms with Crippen LogP contribution in [0.15, 0.2) is 61.1 Å². The maximum absolute atomic E-state index is 13.8. The number of anilines is 3. The first-order valence-corrected chi connectivity index (χ1v) is 11.8. The molecule has 1 aliphatic rings. The summed E-state index contributed by atoms with van der Waals surface area (Å²) in [5.41, 5.74) is 5.54. The normalized spacial score (nSPS) is 13.9. The van der Waals surface area contributed by atoms with Crippen LogP contribution in [0, 0.1) is 0 Å². The number of hydrogen-bond acceptors (Lipinski definition) is 7. The molecule has 0 bridgehead atoms. The summed E-state index contributed by atoms with van der Waals surface area (Å²) in [6, 6.07) is 11.0. The molecule has 2 amide bonds. The number of aromatic nitrogens is 4. The molecule has 2 aromatic heterocycles. The van der Waals surface area contributed by atoms with Crippen molar-refractivity contribution in [3.63, 3.8) is 0 Å². The summed E-state index contributed by atoms with van der Waals surface area (Å²) in [4.78, 5) is 33.0. The van der Waals surface area contributed by atoms with E-state index in [9.17, 15) is 22.8 Å². The molecule has 4 aromatic rings. The maximum atomic E-state index is 13.8. The van der Waals surface area contributed by atoms with Crippen LogP contribution in [0.2, 0.25) is 5.02 Å². The summed E-state index contributed by atoms with van der Waals surface area (Å²) in [6.45, 7) is 0.851. The van der Waals surface area contributed by atoms with Gasteiger partial charge in [0.2, 0.25) is 11.9 Å². The molecule has 0 saturated carbocycles. The van der Waals surface area contributed by atoms with Crippen LogP contribution in [0.4, 0.5) is 30.5 Å². The molecule has 1 saturated heterocycles. The van der Waals surface area contributed by atoms with Crippen molar-refractivity contribution in [1.29, 1.82) is 0 Å². The van der Waals surface area contributed by atoms with E-state index < -0.39 is 23.3 Å². The van der Waals surface area contributed by atoms with Crippen LogP contribution in [0.1, 0.15) is 15.9 Å². The molecule has 0 spiro atoms. The van der Waals surface area contributed by atoms with E-state index >= 15 is 0 Å². The average molecular weight is 558 g/mol. The topological polar surface area (TPSA) is 128 Å². The third-order valence-corrected chi connectivity index (χ3v) is 6.15. The zero-order valence-corrected chi connectivity index (χ0v) is 20.7. The Balaban J connectivity index is 1.44. The number of halogens is 4. The van der Waals surface area contributed by atoms with Crippen molar-refractivity contribution in [3.05, 3.63) is 77.2 Å². The number of nitrogens with one attached hydrogen (secondary N) is 1. The Bertz CT molecular complexity index is 1560. The van der Waals surface area contributed by atoms with Crippen molar-refractivity contribution in [3.8, 4) is 16.9 Å². The van der Waals surface area contributed by atoms with Crippen LogP contribution in [0.25, 0.3) is 16.9 Å². The zero-order valence-electron chi connectivity index (χ0n) is 19.9. The van der Waals surface area contributed by atoms with E-state index in [0.717, 1.165) is 0 Å². The van der Waals surface area contributed by atoms with Gasteiger partial charge in [0, 0.05) is 41.4 Å². The van der Waals surface area contributed by atoms with Gasteiger partial charge in [-0.3, -0.25) is 9.59 Å². The van der Waals surface area contributed by atoms with Crippen LogP contribution in [0.5, 0.6) is 0 Å². The molecule has 3 N–H and O–H groups in total. The number of rotatable bonds is 6. The standard InChI is InChI=1S/C25H19ClF3N7O3/c26-19-9-14(23(30)38)1-6-20(19)36-12-15(10-32-36)22-18(25(27,28)29)11-31-24(34-22)33-16-2-4-17(5-3-16)35-7-8-39-13-21(35)37/h1-6,9-12H,7-8,13H2,(H2,30,38)(H,31,33,34). The van der Waals surface area contributed by atoms with Gasteiger partial charge in [-0.25, -0.2) is 14.6 Å². The SMILES string of the molecule is NC(=O)c1ccc(-n2cc(-c3nc(Nc4ccc(N5CCOCC5=O)cc4)ncc3C(F)(F)F)cn2)c(Cl)c1. The van der Waals surface area contributed by atoms with Crippen molar-refractivity contribution in [2.75, 3.05) is 30.0 Å². The molecule has 10 nitrogen and oxygen atoms in total. The third kappa shape index (κ3) is 5.54. The van der Waals surface area contributed by atoms with E-state index in [2.05, 4.69) is 20.4 Å². The number of carbonyl (C=O) groups is 2. The molecular formula is C25H19ClF3N7O3. The van der Waals surface area contributed by atoms with Crippen molar-refractivity contribution in [2.45, 2.75) is 6.18 Å². The first-order valence-electron chi connectivity index (χ1n) is 11.4. The lowest BCUT2D eigenvalue weighted by molar-refractivity contribution is -0.137. The van der Waals surface area contributed by atoms with E-state index in [0.29, 0.717) is 36.4 Å². The second-order valence-corrected chi connectivity index (χ2v) is 8.83. The quantitative estimate of drug-likeness (QED) is 0.363. The van der Waals surface area contributed by atoms with Gasteiger partial charge in [-0.1, -0.05) is 11.6 Å². The average Bonchev–Trinajstić information content (AvgIpc) is 3.39. The maximum Gasteiger partial charge on any atom is 0.419 e. The van der Waals surface area contributed by atoms with Gasteiger partial charge >= 0.3 is 6.18 Å². The van der Waals surface area contributed by atoms with Crippen molar-refractivity contribution < 1.29 is 27.5 Å². The van der Waals surface area contributed by atoms with Crippen LogP contribution in [0.3, 0.4) is 0 Å². The summed E-state index contributed by atoms with van der Waals surface area (Å²) in [5, 5.41) is 7.14. The monoisotopic (exact) mass is 557 g/mol. The molecule has 2 aromatic carbocycles. The molecule has 1 aliphatic heterocycles. The highest BCUT2D eigenvalue weighted by Gasteiger charge is 2.36. The van der Waals surface area contributed by atoms with Crippen molar-refractivity contribution >= 4 is 40.7 Å². The molecule has 200 valence electrons. The highest BCUT2D eigenvalue weighted by molar-refractivity contribution is 6.32. The largest absolute Gasteiger partial charge is 0.419 e. The smallest absolute Gasteiger partial charge is 0.370 e.